The molecule has 0 saturated heterocycles. The minimum Gasteiger partial charge on any atom is -0.208 e. The molecule has 0 radical (unpaired) electrons. The Morgan fingerprint density at radius 3 is 2.40 bits per heavy atom. The van der Waals surface area contributed by atoms with Gasteiger partial charge >= 0.3 is 0 Å². The molecule has 0 aliphatic heterocycles. The Balaban J connectivity index is 2.18. The Labute approximate surface area is 122 Å². The lowest BCUT2D eigenvalue weighted by Gasteiger charge is -2.37. The van der Waals surface area contributed by atoms with E-state index in [0.717, 1.165) is 12.8 Å². The SMILES string of the molecule is CC1CCC(C(C)C)C(NS(=O)(=O)c2ccccc2)C1. The molecule has 0 bridgehead atoms. The van der Waals surface area contributed by atoms with Crippen molar-refractivity contribution in [2.75, 3.05) is 0 Å². The van der Waals surface area contributed by atoms with Crippen molar-refractivity contribution < 1.29 is 8.42 Å². The van der Waals surface area contributed by atoms with Gasteiger partial charge in [-0.05, 0) is 42.7 Å². The second-order valence-corrected chi connectivity index (χ2v) is 8.08. The zero-order valence-electron chi connectivity index (χ0n) is 12.5. The van der Waals surface area contributed by atoms with Crippen molar-refractivity contribution >= 4 is 10.0 Å². The normalized spacial score (nSPS) is 27.7. The highest BCUT2D eigenvalue weighted by atomic mass is 32.2. The average Bonchev–Trinajstić information content (AvgIpc) is 2.39. The molecule has 3 nitrogen and oxygen atoms in total. The Morgan fingerprint density at radius 2 is 1.80 bits per heavy atom. The number of rotatable bonds is 4. The third-order valence-corrected chi connectivity index (χ3v) is 5.89. The summed E-state index contributed by atoms with van der Waals surface area (Å²) in [5, 5.41) is 0. The van der Waals surface area contributed by atoms with Crippen molar-refractivity contribution in [3.8, 4) is 0 Å². The van der Waals surface area contributed by atoms with Crippen molar-refractivity contribution in [1.82, 2.24) is 4.72 Å². The van der Waals surface area contributed by atoms with E-state index in [1.54, 1.807) is 24.3 Å². The highest BCUT2D eigenvalue weighted by Gasteiger charge is 2.33. The first-order valence-corrected chi connectivity index (χ1v) is 8.96. The first-order valence-electron chi connectivity index (χ1n) is 7.47. The van der Waals surface area contributed by atoms with E-state index < -0.39 is 10.0 Å². The van der Waals surface area contributed by atoms with Crippen LogP contribution in [0.15, 0.2) is 35.2 Å². The summed E-state index contributed by atoms with van der Waals surface area (Å²) in [6.45, 7) is 6.58. The minimum absolute atomic E-state index is 0.0592. The molecular weight excluding hydrogens is 270 g/mol. The number of benzene rings is 1. The zero-order valence-corrected chi connectivity index (χ0v) is 13.4. The fourth-order valence-corrected chi connectivity index (χ4v) is 4.53. The van der Waals surface area contributed by atoms with Gasteiger partial charge in [0.1, 0.15) is 0 Å². The Hall–Kier alpha value is -0.870. The standard InChI is InChI=1S/C16H25NO2S/c1-12(2)15-10-9-13(3)11-16(15)17-20(18,19)14-7-5-4-6-8-14/h4-8,12-13,15-17H,9-11H2,1-3H3. The van der Waals surface area contributed by atoms with Crippen LogP contribution in [0.2, 0.25) is 0 Å². The molecule has 0 heterocycles. The molecular formula is C16H25NO2S. The average molecular weight is 295 g/mol. The summed E-state index contributed by atoms with van der Waals surface area (Å²) in [6, 6.07) is 8.72. The molecule has 1 N–H and O–H groups in total. The van der Waals surface area contributed by atoms with Gasteiger partial charge in [-0.2, -0.15) is 0 Å². The van der Waals surface area contributed by atoms with E-state index in [9.17, 15) is 8.42 Å². The second-order valence-electron chi connectivity index (χ2n) is 6.37. The van der Waals surface area contributed by atoms with Gasteiger partial charge in [0.2, 0.25) is 10.0 Å². The molecule has 1 aromatic rings. The molecule has 4 heteroatoms. The van der Waals surface area contributed by atoms with E-state index in [4.69, 9.17) is 0 Å². The topological polar surface area (TPSA) is 46.2 Å². The van der Waals surface area contributed by atoms with Gasteiger partial charge in [0.25, 0.3) is 0 Å². The van der Waals surface area contributed by atoms with E-state index in [2.05, 4.69) is 25.5 Å². The number of sulfonamides is 1. The van der Waals surface area contributed by atoms with Gasteiger partial charge in [0.15, 0.2) is 0 Å². The van der Waals surface area contributed by atoms with Crippen LogP contribution < -0.4 is 4.72 Å². The highest BCUT2D eigenvalue weighted by molar-refractivity contribution is 7.89. The molecule has 0 aromatic heterocycles. The van der Waals surface area contributed by atoms with Crippen LogP contribution in [0.3, 0.4) is 0 Å². The van der Waals surface area contributed by atoms with E-state index in [-0.39, 0.29) is 6.04 Å². The van der Waals surface area contributed by atoms with Crippen molar-refractivity contribution in [2.45, 2.75) is 51.0 Å². The molecule has 112 valence electrons. The van der Waals surface area contributed by atoms with Crippen LogP contribution in [0, 0.1) is 17.8 Å². The molecule has 20 heavy (non-hydrogen) atoms. The molecule has 1 saturated carbocycles. The van der Waals surface area contributed by atoms with E-state index in [0.29, 0.717) is 22.6 Å². The molecule has 2 rings (SSSR count). The molecule has 0 amide bonds. The first kappa shape index (κ1) is 15.5. The van der Waals surface area contributed by atoms with Gasteiger partial charge in [-0.25, -0.2) is 13.1 Å². The van der Waals surface area contributed by atoms with Crippen molar-refractivity contribution in [1.29, 1.82) is 0 Å². The van der Waals surface area contributed by atoms with Crippen molar-refractivity contribution in [3.63, 3.8) is 0 Å². The Kier molecular flexibility index (Phi) is 4.86. The number of hydrogen-bond acceptors (Lipinski definition) is 2. The van der Waals surface area contributed by atoms with E-state index >= 15 is 0 Å². The predicted molar refractivity (Wildman–Crippen MR) is 81.9 cm³/mol. The van der Waals surface area contributed by atoms with Crippen LogP contribution in [-0.4, -0.2) is 14.5 Å². The fraction of sp³-hybridized carbons (Fsp3) is 0.625. The predicted octanol–water partition coefficient (Wildman–Crippen LogP) is 3.43. The Morgan fingerprint density at radius 1 is 1.15 bits per heavy atom. The van der Waals surface area contributed by atoms with Crippen LogP contribution in [0.25, 0.3) is 0 Å². The molecule has 1 aliphatic carbocycles. The largest absolute Gasteiger partial charge is 0.240 e. The van der Waals surface area contributed by atoms with Gasteiger partial charge in [-0.1, -0.05) is 45.4 Å². The lowest BCUT2D eigenvalue weighted by molar-refractivity contribution is 0.188. The summed E-state index contributed by atoms with van der Waals surface area (Å²) in [5.41, 5.74) is 0. The smallest absolute Gasteiger partial charge is 0.208 e. The summed E-state index contributed by atoms with van der Waals surface area (Å²) in [7, 11) is -3.40. The summed E-state index contributed by atoms with van der Waals surface area (Å²) < 4.78 is 27.9. The molecule has 3 atom stereocenters. The fourth-order valence-electron chi connectivity index (χ4n) is 3.20. The summed E-state index contributed by atoms with van der Waals surface area (Å²) >= 11 is 0. The molecule has 1 aromatic carbocycles. The maximum absolute atomic E-state index is 12.5. The van der Waals surface area contributed by atoms with Crippen LogP contribution >= 0.6 is 0 Å². The lowest BCUT2D eigenvalue weighted by atomic mass is 9.74. The molecule has 3 unspecified atom stereocenters. The van der Waals surface area contributed by atoms with Gasteiger partial charge < -0.3 is 0 Å². The zero-order chi connectivity index (χ0) is 14.8. The van der Waals surface area contributed by atoms with E-state index in [1.165, 1.54) is 6.42 Å². The first-order chi connectivity index (χ1) is 9.40. The molecule has 0 spiro atoms. The lowest BCUT2D eigenvalue weighted by Crippen LogP contribution is -2.45. The van der Waals surface area contributed by atoms with Gasteiger partial charge in [-0.3, -0.25) is 0 Å². The highest BCUT2D eigenvalue weighted by Crippen LogP contribution is 2.34. The number of hydrogen-bond donors (Lipinski definition) is 1. The molecule has 1 aliphatic rings. The van der Waals surface area contributed by atoms with Crippen LogP contribution in [0.1, 0.15) is 40.0 Å². The van der Waals surface area contributed by atoms with Crippen LogP contribution in [0.4, 0.5) is 0 Å². The monoisotopic (exact) mass is 295 g/mol. The third kappa shape index (κ3) is 3.61. The molecule has 1 fully saturated rings. The van der Waals surface area contributed by atoms with Gasteiger partial charge in [-0.15, -0.1) is 0 Å². The second kappa shape index (κ2) is 6.27. The summed E-state index contributed by atoms with van der Waals surface area (Å²) in [4.78, 5) is 0.362. The van der Waals surface area contributed by atoms with Crippen molar-refractivity contribution in [3.05, 3.63) is 30.3 Å². The van der Waals surface area contributed by atoms with Crippen LogP contribution in [-0.2, 0) is 10.0 Å². The maximum Gasteiger partial charge on any atom is 0.240 e. The Bertz CT molecular complexity index is 525. The summed E-state index contributed by atoms with van der Waals surface area (Å²) in [6.07, 6.45) is 3.25. The number of nitrogens with one attached hydrogen (secondary N) is 1. The van der Waals surface area contributed by atoms with Crippen LogP contribution in [0.5, 0.6) is 0 Å². The maximum atomic E-state index is 12.5. The van der Waals surface area contributed by atoms with E-state index in [1.807, 2.05) is 6.07 Å². The van der Waals surface area contributed by atoms with Gasteiger partial charge in [0.05, 0.1) is 4.90 Å². The summed E-state index contributed by atoms with van der Waals surface area (Å²) in [5.74, 6) is 1.53. The quantitative estimate of drug-likeness (QED) is 0.925. The minimum atomic E-state index is -3.40. The van der Waals surface area contributed by atoms with Crippen molar-refractivity contribution in [2.24, 2.45) is 17.8 Å². The van der Waals surface area contributed by atoms with Gasteiger partial charge in [0, 0.05) is 6.04 Å². The third-order valence-electron chi connectivity index (χ3n) is 4.38.